The summed E-state index contributed by atoms with van der Waals surface area (Å²) in [5.74, 6) is 3.44. The first kappa shape index (κ1) is 12.7. The van der Waals surface area contributed by atoms with Crippen LogP contribution in [0.5, 0.6) is 0 Å². The van der Waals surface area contributed by atoms with E-state index in [1.165, 1.54) is 0 Å². The van der Waals surface area contributed by atoms with Crippen molar-refractivity contribution < 1.29 is 4.42 Å². The van der Waals surface area contributed by atoms with Crippen LogP contribution in [0.2, 0.25) is 0 Å². The molecule has 1 saturated carbocycles. The molecule has 0 radical (unpaired) electrons. The highest BCUT2D eigenvalue weighted by Crippen LogP contribution is 2.64. The Morgan fingerprint density at radius 1 is 1.29 bits per heavy atom. The van der Waals surface area contributed by atoms with E-state index < -0.39 is 0 Å². The molecule has 0 saturated heterocycles. The van der Waals surface area contributed by atoms with Gasteiger partial charge < -0.3 is 9.73 Å². The van der Waals surface area contributed by atoms with E-state index >= 15 is 0 Å². The summed E-state index contributed by atoms with van der Waals surface area (Å²) in [4.78, 5) is 0. The van der Waals surface area contributed by atoms with Crippen molar-refractivity contribution in [3.8, 4) is 0 Å². The second-order valence-electron chi connectivity index (χ2n) is 6.98. The van der Waals surface area contributed by atoms with Gasteiger partial charge in [0.2, 0.25) is 0 Å². The molecule has 1 fully saturated rings. The first-order valence-corrected chi connectivity index (χ1v) is 6.53. The molecular weight excluding hydrogens is 210 g/mol. The van der Waals surface area contributed by atoms with Crippen LogP contribution in [0.15, 0.2) is 16.5 Å². The molecule has 2 nitrogen and oxygen atoms in total. The predicted octanol–water partition coefficient (Wildman–Crippen LogP) is 3.72. The lowest BCUT2D eigenvalue weighted by Gasteiger charge is -2.20. The Balaban J connectivity index is 2.01. The van der Waals surface area contributed by atoms with Crippen LogP contribution in [-0.2, 0) is 0 Å². The maximum absolute atomic E-state index is 5.78. The Morgan fingerprint density at radius 3 is 2.41 bits per heavy atom. The van der Waals surface area contributed by atoms with Gasteiger partial charge in [-0.1, -0.05) is 13.8 Å². The summed E-state index contributed by atoms with van der Waals surface area (Å²) in [6, 6.07) is 4.21. The highest BCUT2D eigenvalue weighted by atomic mass is 16.3. The van der Waals surface area contributed by atoms with Crippen LogP contribution in [-0.4, -0.2) is 12.1 Å². The van der Waals surface area contributed by atoms with E-state index in [2.05, 4.69) is 52.1 Å². The summed E-state index contributed by atoms with van der Waals surface area (Å²) < 4.78 is 5.78. The molecule has 1 N–H and O–H groups in total. The zero-order valence-electron chi connectivity index (χ0n) is 11.9. The van der Waals surface area contributed by atoms with Crippen molar-refractivity contribution in [1.82, 2.24) is 5.32 Å². The third kappa shape index (κ3) is 2.57. The van der Waals surface area contributed by atoms with Crippen LogP contribution in [0, 0.1) is 18.3 Å². The second-order valence-corrected chi connectivity index (χ2v) is 6.98. The van der Waals surface area contributed by atoms with E-state index in [1.807, 2.05) is 6.92 Å². The van der Waals surface area contributed by atoms with Crippen molar-refractivity contribution in [2.75, 3.05) is 6.54 Å². The van der Waals surface area contributed by atoms with Crippen molar-refractivity contribution in [1.29, 1.82) is 0 Å². The van der Waals surface area contributed by atoms with Crippen LogP contribution in [0.25, 0.3) is 0 Å². The van der Waals surface area contributed by atoms with Crippen molar-refractivity contribution in [2.24, 2.45) is 11.3 Å². The van der Waals surface area contributed by atoms with E-state index in [0.29, 0.717) is 17.3 Å². The third-order valence-electron chi connectivity index (χ3n) is 3.97. The third-order valence-corrected chi connectivity index (χ3v) is 3.97. The molecule has 0 spiro atoms. The van der Waals surface area contributed by atoms with Crippen LogP contribution in [0.3, 0.4) is 0 Å². The van der Waals surface area contributed by atoms with Crippen molar-refractivity contribution in [2.45, 2.75) is 53.0 Å². The molecule has 0 aromatic carbocycles. The second kappa shape index (κ2) is 3.88. The van der Waals surface area contributed by atoms with Crippen LogP contribution >= 0.6 is 0 Å². The van der Waals surface area contributed by atoms with Crippen LogP contribution in [0.1, 0.15) is 52.1 Å². The Labute approximate surface area is 105 Å². The van der Waals surface area contributed by atoms with Gasteiger partial charge in [-0.25, -0.2) is 0 Å². The van der Waals surface area contributed by atoms with E-state index in [0.717, 1.165) is 18.1 Å². The van der Waals surface area contributed by atoms with Crippen LogP contribution in [0.4, 0.5) is 0 Å². The number of furan rings is 1. The van der Waals surface area contributed by atoms with E-state index in [4.69, 9.17) is 4.42 Å². The summed E-state index contributed by atoms with van der Waals surface area (Å²) in [5, 5.41) is 3.60. The summed E-state index contributed by atoms with van der Waals surface area (Å²) >= 11 is 0. The molecule has 2 heteroatoms. The predicted molar refractivity (Wildman–Crippen MR) is 71.2 cm³/mol. The fraction of sp³-hybridized carbons (Fsp3) is 0.733. The summed E-state index contributed by atoms with van der Waals surface area (Å²) in [6.07, 6.45) is 0. The Morgan fingerprint density at radius 2 is 1.94 bits per heavy atom. The van der Waals surface area contributed by atoms with Crippen molar-refractivity contribution >= 4 is 0 Å². The smallest absolute Gasteiger partial charge is 0.108 e. The van der Waals surface area contributed by atoms with Gasteiger partial charge in [-0.3, -0.25) is 0 Å². The molecule has 2 unspecified atom stereocenters. The number of nitrogens with one attached hydrogen (secondary N) is 1. The lowest BCUT2D eigenvalue weighted by Crippen LogP contribution is -2.37. The molecule has 17 heavy (non-hydrogen) atoms. The number of hydrogen-bond acceptors (Lipinski definition) is 2. The highest BCUT2D eigenvalue weighted by Gasteiger charge is 2.59. The summed E-state index contributed by atoms with van der Waals surface area (Å²) in [5.41, 5.74) is 0.560. The average Bonchev–Trinajstić information content (AvgIpc) is 2.52. The zero-order valence-corrected chi connectivity index (χ0v) is 11.9. The molecule has 96 valence electrons. The monoisotopic (exact) mass is 235 g/mol. The van der Waals surface area contributed by atoms with E-state index in [-0.39, 0.29) is 5.54 Å². The minimum absolute atomic E-state index is 0.197. The maximum Gasteiger partial charge on any atom is 0.108 e. The van der Waals surface area contributed by atoms with Gasteiger partial charge in [-0.05, 0) is 57.7 Å². The zero-order chi connectivity index (χ0) is 12.8. The van der Waals surface area contributed by atoms with Gasteiger partial charge in [0.05, 0.1) is 0 Å². The maximum atomic E-state index is 5.78. The minimum atomic E-state index is 0.197. The molecule has 0 aliphatic heterocycles. The highest BCUT2D eigenvalue weighted by molar-refractivity contribution is 5.25. The number of hydrogen-bond donors (Lipinski definition) is 1. The van der Waals surface area contributed by atoms with Gasteiger partial charge in [0.25, 0.3) is 0 Å². The Bertz CT molecular complexity index is 397. The summed E-state index contributed by atoms with van der Waals surface area (Å²) in [6.45, 7) is 14.4. The van der Waals surface area contributed by atoms with Gasteiger partial charge in [-0.2, -0.15) is 0 Å². The molecule has 2 rings (SSSR count). The lowest BCUT2D eigenvalue weighted by molar-refractivity contribution is 0.395. The first-order chi connectivity index (χ1) is 7.72. The van der Waals surface area contributed by atoms with Gasteiger partial charge in [0.15, 0.2) is 0 Å². The van der Waals surface area contributed by atoms with Gasteiger partial charge in [-0.15, -0.1) is 0 Å². The SMILES string of the molecule is Cc1ccc(C2C(CNC(C)(C)C)C2(C)C)o1. The fourth-order valence-electron chi connectivity index (χ4n) is 2.73. The molecular formula is C15H25NO. The van der Waals surface area contributed by atoms with E-state index in [9.17, 15) is 0 Å². The van der Waals surface area contributed by atoms with E-state index in [1.54, 1.807) is 0 Å². The minimum Gasteiger partial charge on any atom is -0.466 e. The quantitative estimate of drug-likeness (QED) is 0.864. The Kier molecular flexibility index (Phi) is 2.89. The summed E-state index contributed by atoms with van der Waals surface area (Å²) in [7, 11) is 0. The standard InChI is InChI=1S/C15H25NO/c1-10-7-8-12(17-10)13-11(15(13,5)6)9-16-14(2,3)4/h7-8,11,13,16H,9H2,1-6H3. The molecule has 1 aliphatic carbocycles. The number of aryl methyl sites for hydroxylation is 1. The van der Waals surface area contributed by atoms with Crippen molar-refractivity contribution in [3.05, 3.63) is 23.7 Å². The first-order valence-electron chi connectivity index (χ1n) is 6.53. The Hall–Kier alpha value is -0.760. The molecule has 0 amide bonds. The van der Waals surface area contributed by atoms with Gasteiger partial charge in [0, 0.05) is 11.5 Å². The molecule has 1 heterocycles. The lowest BCUT2D eigenvalue weighted by atomic mass is 10.1. The molecule has 1 aliphatic rings. The van der Waals surface area contributed by atoms with Gasteiger partial charge >= 0.3 is 0 Å². The fourth-order valence-corrected chi connectivity index (χ4v) is 2.73. The normalized spacial score (nSPS) is 27.2. The molecule has 0 bridgehead atoms. The number of rotatable bonds is 3. The van der Waals surface area contributed by atoms with Crippen LogP contribution < -0.4 is 5.32 Å². The average molecular weight is 235 g/mol. The largest absolute Gasteiger partial charge is 0.466 e. The van der Waals surface area contributed by atoms with Crippen molar-refractivity contribution in [3.63, 3.8) is 0 Å². The van der Waals surface area contributed by atoms with Gasteiger partial charge in [0.1, 0.15) is 11.5 Å². The topological polar surface area (TPSA) is 25.2 Å². The molecule has 1 aromatic heterocycles. The molecule has 1 aromatic rings. The molecule has 2 atom stereocenters.